The predicted molar refractivity (Wildman–Crippen MR) is 160 cm³/mol. The van der Waals surface area contributed by atoms with Crippen molar-refractivity contribution in [2.45, 2.75) is 38.2 Å². The van der Waals surface area contributed by atoms with Gasteiger partial charge < -0.3 is 9.47 Å². The molecule has 6 heteroatoms. The molecule has 1 N–H and O–H groups in total. The van der Waals surface area contributed by atoms with Crippen LogP contribution in [-0.4, -0.2) is 42.4 Å². The average Bonchev–Trinajstić information content (AvgIpc) is 3.28. The van der Waals surface area contributed by atoms with Crippen LogP contribution < -0.4 is 5.43 Å². The van der Waals surface area contributed by atoms with E-state index in [1.54, 1.807) is 5.01 Å². The highest BCUT2D eigenvalue weighted by molar-refractivity contribution is 5.79. The quantitative estimate of drug-likeness (QED) is 0.182. The topological polar surface area (TPSA) is 67.9 Å². The molecule has 5 rings (SSSR count). The minimum absolute atomic E-state index is 0.0613. The van der Waals surface area contributed by atoms with E-state index in [-0.39, 0.29) is 25.0 Å². The molecule has 1 aliphatic rings. The van der Waals surface area contributed by atoms with E-state index in [0.717, 1.165) is 33.4 Å². The van der Waals surface area contributed by atoms with Gasteiger partial charge >= 0.3 is 12.1 Å². The number of amides is 1. The van der Waals surface area contributed by atoms with Crippen LogP contribution in [0.15, 0.2) is 109 Å². The van der Waals surface area contributed by atoms with Crippen LogP contribution in [0, 0.1) is 0 Å². The first-order valence-corrected chi connectivity index (χ1v) is 14.0. The molecule has 0 spiro atoms. The first-order valence-electron chi connectivity index (χ1n) is 14.0. The van der Waals surface area contributed by atoms with Gasteiger partial charge in [-0.1, -0.05) is 109 Å². The van der Waals surface area contributed by atoms with E-state index in [1.165, 1.54) is 0 Å². The second-order valence-electron chi connectivity index (χ2n) is 11.3. The number of hydrazine groups is 1. The van der Waals surface area contributed by atoms with Gasteiger partial charge in [0.15, 0.2) is 0 Å². The molecule has 0 saturated heterocycles. The zero-order valence-corrected chi connectivity index (χ0v) is 23.7. The van der Waals surface area contributed by atoms with Gasteiger partial charge in [-0.15, -0.1) is 0 Å². The zero-order chi connectivity index (χ0) is 28.8. The number of benzene rings is 4. The van der Waals surface area contributed by atoms with Crippen molar-refractivity contribution in [1.29, 1.82) is 0 Å². The summed E-state index contributed by atoms with van der Waals surface area (Å²) in [6, 6.07) is 36.5. The van der Waals surface area contributed by atoms with Crippen LogP contribution in [0.4, 0.5) is 4.79 Å². The summed E-state index contributed by atoms with van der Waals surface area (Å²) in [5.41, 5.74) is 8.95. The van der Waals surface area contributed by atoms with Crippen LogP contribution in [-0.2, 0) is 14.3 Å². The van der Waals surface area contributed by atoms with Crippen LogP contribution in [0.3, 0.4) is 0 Å². The largest absolute Gasteiger partial charge is 0.459 e. The first-order chi connectivity index (χ1) is 19.8. The van der Waals surface area contributed by atoms with Crippen LogP contribution in [0.1, 0.15) is 54.9 Å². The average molecular weight is 549 g/mol. The molecule has 4 aromatic carbocycles. The molecule has 41 heavy (non-hydrogen) atoms. The Kier molecular flexibility index (Phi) is 8.50. The maximum absolute atomic E-state index is 13.2. The van der Waals surface area contributed by atoms with E-state index in [1.807, 2.05) is 81.4 Å². The van der Waals surface area contributed by atoms with Gasteiger partial charge in [-0.2, -0.15) is 0 Å². The Morgan fingerprint density at radius 3 is 1.76 bits per heavy atom. The number of rotatable bonds is 9. The lowest BCUT2D eigenvalue weighted by molar-refractivity contribution is -0.156. The minimum atomic E-state index is -0.648. The fraction of sp³-hybridized carbons (Fsp3) is 0.257. The van der Waals surface area contributed by atoms with Gasteiger partial charge in [0.2, 0.25) is 0 Å². The molecule has 0 atom stereocenters. The molecule has 0 aliphatic heterocycles. The molecule has 0 bridgehead atoms. The van der Waals surface area contributed by atoms with Crippen molar-refractivity contribution in [1.82, 2.24) is 10.4 Å². The van der Waals surface area contributed by atoms with Crippen molar-refractivity contribution in [3.63, 3.8) is 0 Å². The molecule has 210 valence electrons. The standard InChI is InChI=1S/C35H36N2O4/c1-35(2,3)41-33(38)23-37(22-31(25-14-6-4-7-15-25)26-16-8-5-9-17-26)36-34(39)40-24-32-29-20-12-10-18-27(29)28-19-11-13-21-30(28)32/h4-21,31-32H,22-24H2,1-3H3,(H,36,39). The zero-order valence-electron chi connectivity index (χ0n) is 23.7. The highest BCUT2D eigenvalue weighted by Gasteiger charge is 2.30. The number of hydrogen-bond acceptors (Lipinski definition) is 5. The van der Waals surface area contributed by atoms with E-state index >= 15 is 0 Å². The lowest BCUT2D eigenvalue weighted by atomic mass is 9.91. The molecule has 0 radical (unpaired) electrons. The fourth-order valence-electron chi connectivity index (χ4n) is 5.43. The number of carbonyl (C=O) groups excluding carboxylic acids is 2. The molecule has 1 aliphatic carbocycles. The number of fused-ring (bicyclic) bond motifs is 3. The van der Waals surface area contributed by atoms with Crippen molar-refractivity contribution in [2.75, 3.05) is 19.7 Å². The molecule has 4 aromatic rings. The third-order valence-corrected chi connectivity index (χ3v) is 7.14. The third-order valence-electron chi connectivity index (χ3n) is 7.14. The van der Waals surface area contributed by atoms with E-state index < -0.39 is 17.7 Å². The molecule has 0 saturated carbocycles. The maximum atomic E-state index is 13.2. The van der Waals surface area contributed by atoms with Crippen molar-refractivity contribution in [3.8, 4) is 11.1 Å². The summed E-state index contributed by atoms with van der Waals surface area (Å²) in [5, 5.41) is 1.59. The number of esters is 1. The predicted octanol–water partition coefficient (Wildman–Crippen LogP) is 6.92. The van der Waals surface area contributed by atoms with E-state index in [0.29, 0.717) is 6.54 Å². The number of carbonyl (C=O) groups is 2. The highest BCUT2D eigenvalue weighted by atomic mass is 16.6. The smallest absolute Gasteiger partial charge is 0.421 e. The highest BCUT2D eigenvalue weighted by Crippen LogP contribution is 2.44. The van der Waals surface area contributed by atoms with Gasteiger partial charge in [0.1, 0.15) is 18.8 Å². The van der Waals surface area contributed by atoms with E-state index in [4.69, 9.17) is 9.47 Å². The SMILES string of the molecule is CC(C)(C)OC(=O)CN(CC(c1ccccc1)c1ccccc1)NC(=O)OCC1c2ccccc2-c2ccccc21. The van der Waals surface area contributed by atoms with Crippen LogP contribution in [0.2, 0.25) is 0 Å². The van der Waals surface area contributed by atoms with Crippen LogP contribution in [0.25, 0.3) is 11.1 Å². The van der Waals surface area contributed by atoms with E-state index in [2.05, 4.69) is 54.0 Å². The summed E-state index contributed by atoms with van der Waals surface area (Å²) in [6.45, 7) is 5.87. The van der Waals surface area contributed by atoms with Gasteiger partial charge in [-0.05, 0) is 54.2 Å². The van der Waals surface area contributed by atoms with E-state index in [9.17, 15) is 9.59 Å². The molecule has 0 unspecified atom stereocenters. The van der Waals surface area contributed by atoms with Crippen molar-refractivity contribution in [3.05, 3.63) is 131 Å². The maximum Gasteiger partial charge on any atom is 0.421 e. The second kappa shape index (κ2) is 12.4. The molecular weight excluding hydrogens is 512 g/mol. The number of nitrogens with zero attached hydrogens (tertiary/aromatic N) is 1. The lowest BCUT2D eigenvalue weighted by Gasteiger charge is -2.29. The third kappa shape index (κ3) is 7.02. The number of ether oxygens (including phenoxy) is 2. The van der Waals surface area contributed by atoms with Crippen molar-refractivity contribution < 1.29 is 19.1 Å². The summed E-state index contributed by atoms with van der Waals surface area (Å²) >= 11 is 0. The van der Waals surface area contributed by atoms with Gasteiger partial charge in [0, 0.05) is 18.4 Å². The van der Waals surface area contributed by atoms with Crippen molar-refractivity contribution in [2.24, 2.45) is 0 Å². The second-order valence-corrected chi connectivity index (χ2v) is 11.3. The molecular formula is C35H36N2O4. The first kappa shape index (κ1) is 28.1. The molecule has 0 heterocycles. The van der Waals surface area contributed by atoms with Gasteiger partial charge in [-0.3, -0.25) is 10.2 Å². The fourth-order valence-corrected chi connectivity index (χ4v) is 5.43. The molecule has 0 aromatic heterocycles. The molecule has 6 nitrogen and oxygen atoms in total. The Morgan fingerprint density at radius 2 is 1.24 bits per heavy atom. The summed E-state index contributed by atoms with van der Waals surface area (Å²) in [7, 11) is 0. The molecule has 1 amide bonds. The summed E-state index contributed by atoms with van der Waals surface area (Å²) < 4.78 is 11.4. The summed E-state index contributed by atoms with van der Waals surface area (Å²) in [6.07, 6.45) is -0.615. The van der Waals surface area contributed by atoms with Crippen molar-refractivity contribution >= 4 is 12.1 Å². The normalized spacial score (nSPS) is 12.6. The summed E-state index contributed by atoms with van der Waals surface area (Å²) in [5.74, 6) is -0.598. The Balaban J connectivity index is 1.34. The van der Waals surface area contributed by atoms with Gasteiger partial charge in [-0.25, -0.2) is 9.80 Å². The Morgan fingerprint density at radius 1 is 0.756 bits per heavy atom. The Labute approximate surface area is 241 Å². The monoisotopic (exact) mass is 548 g/mol. The van der Waals surface area contributed by atoms with Crippen LogP contribution >= 0.6 is 0 Å². The lowest BCUT2D eigenvalue weighted by Crippen LogP contribution is -2.48. The minimum Gasteiger partial charge on any atom is -0.459 e. The molecule has 0 fully saturated rings. The Hall–Kier alpha value is -4.42. The number of nitrogens with one attached hydrogen (secondary N) is 1. The van der Waals surface area contributed by atoms with Gasteiger partial charge in [0.25, 0.3) is 0 Å². The van der Waals surface area contributed by atoms with Crippen LogP contribution in [0.5, 0.6) is 0 Å². The number of hydrogen-bond donors (Lipinski definition) is 1. The van der Waals surface area contributed by atoms with Gasteiger partial charge in [0.05, 0.1) is 0 Å². The Bertz CT molecular complexity index is 1400. The summed E-state index contributed by atoms with van der Waals surface area (Å²) in [4.78, 5) is 26.1.